The van der Waals surface area contributed by atoms with E-state index in [0.717, 1.165) is 105 Å². The zero-order valence-corrected chi connectivity index (χ0v) is 105. The first-order valence-electron chi connectivity index (χ1n) is 56.1. The second-order valence-electron chi connectivity index (χ2n) is 53.8. The van der Waals surface area contributed by atoms with Crippen LogP contribution in [0, 0.1) is 106 Å². The van der Waals surface area contributed by atoms with Crippen LogP contribution >= 0.6 is 0 Å². The van der Waals surface area contributed by atoms with Crippen LogP contribution in [0.3, 0.4) is 0 Å². The number of hydrogen-bond acceptors (Lipinski definition) is 9. The Morgan fingerprint density at radius 1 is 0.207 bits per heavy atom. The molecule has 0 aliphatic heterocycles. The molecule has 0 aromatic carbocycles. The summed E-state index contributed by atoms with van der Waals surface area (Å²) in [5.74, 6) is 6.93. The molecule has 0 unspecified atom stereocenters. The van der Waals surface area contributed by atoms with E-state index >= 15 is 0 Å². The van der Waals surface area contributed by atoms with Crippen LogP contribution in [0.2, 0.25) is 0 Å². The molecule has 0 saturated carbocycles. The second kappa shape index (κ2) is 75.5. The Balaban J connectivity index is -0.000000197. The standard InChI is InChI=1S/C14H28F3N.2C14H31N.3C13H26F3N.2C13H29N.C12H27N/c1-10(2)8-9-13(5,6)18(7)12(11(3)4)14(15,16)17;1-11(2)13(4)15(8)12(3)9-10-14(5,6)7;1-11(2)9-10-14(6,7)15(8)13(5)12(3)4;1-10(2)11(13(14,15)16)17(6)9-7-8-12(3,4)5;2*1-9(2)7-8-11(5)17(6)12(10(3)4)13(14,15)16;1-10(2)8-9-13(6,7)14-12(5)11(3)4;1-10(2)8-9-12(5)14(7)13(6)11(3)4;1-10(2)8-7-9-13(6)12(5)11(3)4/h10-12H,8-9H2,1-7H3;2*11-13H,9-10H2,1-8H3;10-11H,7-9H2,1-6H3;2*9-12H,7-8H2,1-6H3;10-12,14H,8-9H2,1-7H3;10-13H,8-9H2,1-7H3;10-12H,7-9H2,1-6H3/t12-;12-,13+;13-;11-;11-,12+;11-,12-;12-;12-,13-;12-/m010010000/s1. The van der Waals surface area contributed by atoms with Crippen LogP contribution < -0.4 is 5.32 Å². The van der Waals surface area contributed by atoms with Gasteiger partial charge >= 0.3 is 24.7 Å². The van der Waals surface area contributed by atoms with E-state index in [9.17, 15) is 52.7 Å². The van der Waals surface area contributed by atoms with Crippen LogP contribution in [-0.2, 0) is 0 Å². The van der Waals surface area contributed by atoms with Gasteiger partial charge in [-0.05, 0) is 394 Å². The first-order valence-corrected chi connectivity index (χ1v) is 56.1. The summed E-state index contributed by atoms with van der Waals surface area (Å²) in [6.45, 7) is 115. The lowest BCUT2D eigenvalue weighted by Crippen LogP contribution is -2.55. The third-order valence-electron chi connectivity index (χ3n) is 29.9. The summed E-state index contributed by atoms with van der Waals surface area (Å²) < 4.78 is 155. The van der Waals surface area contributed by atoms with Gasteiger partial charge in [-0.2, -0.15) is 52.7 Å². The second-order valence-corrected chi connectivity index (χ2v) is 53.8. The van der Waals surface area contributed by atoms with Crippen molar-refractivity contribution in [2.75, 3.05) is 69.5 Å². The fourth-order valence-electron chi connectivity index (χ4n) is 16.8. The third-order valence-corrected chi connectivity index (χ3v) is 29.9. The average molecular weight is 2040 g/mol. The van der Waals surface area contributed by atoms with Gasteiger partial charge in [0.15, 0.2) is 0 Å². The molecule has 0 radical (unpaired) electrons. The van der Waals surface area contributed by atoms with E-state index < -0.39 is 78.1 Å². The molecule has 0 aromatic rings. The number of nitrogens with one attached hydrogen (secondary N) is 1. The molecular formula is C119H253F12N9. The minimum absolute atomic E-state index is 0.0357. The zero-order chi connectivity index (χ0) is 114. The predicted octanol–water partition coefficient (Wildman–Crippen LogP) is 37.1. The number of alkyl halides is 12. The van der Waals surface area contributed by atoms with Gasteiger partial charge in [0.1, 0.15) is 24.2 Å². The molecule has 0 saturated heterocycles. The molecule has 21 heteroatoms. The molecule has 0 rings (SSSR count). The summed E-state index contributed by atoms with van der Waals surface area (Å²) in [7, 11) is 15.4. The van der Waals surface area contributed by atoms with Crippen molar-refractivity contribution in [1.29, 1.82) is 0 Å². The van der Waals surface area contributed by atoms with Gasteiger partial charge in [0, 0.05) is 71.0 Å². The highest BCUT2D eigenvalue weighted by Gasteiger charge is 2.50. The molecule has 0 amide bonds. The summed E-state index contributed by atoms with van der Waals surface area (Å²) >= 11 is 0. The van der Waals surface area contributed by atoms with Gasteiger partial charge in [-0.1, -0.05) is 263 Å². The smallest absolute Gasteiger partial charge is 0.309 e. The van der Waals surface area contributed by atoms with E-state index in [2.05, 4.69) is 337 Å². The van der Waals surface area contributed by atoms with E-state index in [0.29, 0.717) is 77.4 Å². The third kappa shape index (κ3) is 81.6. The predicted molar refractivity (Wildman–Crippen MR) is 601 cm³/mol. The van der Waals surface area contributed by atoms with E-state index in [4.69, 9.17) is 0 Å². The maximum Gasteiger partial charge on any atom is 0.404 e. The molecule has 0 heterocycles. The lowest BCUT2D eigenvalue weighted by atomic mass is 9.88. The molecule has 0 bridgehead atoms. The summed E-state index contributed by atoms with van der Waals surface area (Å²) in [6, 6.07) is -0.695. The summed E-state index contributed by atoms with van der Waals surface area (Å²) in [5, 5.41) is 3.71. The number of halogens is 12. The van der Waals surface area contributed by atoms with E-state index in [1.54, 1.807) is 83.6 Å². The monoisotopic (exact) mass is 2040 g/mol. The van der Waals surface area contributed by atoms with Crippen molar-refractivity contribution in [1.82, 2.24) is 44.5 Å². The van der Waals surface area contributed by atoms with Crippen molar-refractivity contribution < 1.29 is 52.7 Å². The topological polar surface area (TPSA) is 38.0 Å². The van der Waals surface area contributed by atoms with Gasteiger partial charge in [-0.25, -0.2) is 0 Å². The highest BCUT2D eigenvalue weighted by Crippen LogP contribution is 2.39. The van der Waals surface area contributed by atoms with Crippen molar-refractivity contribution in [3.63, 3.8) is 0 Å². The Morgan fingerprint density at radius 2 is 0.457 bits per heavy atom. The van der Waals surface area contributed by atoms with E-state index in [-0.39, 0.29) is 23.0 Å². The van der Waals surface area contributed by atoms with Gasteiger partial charge < -0.3 is 20.0 Å². The molecule has 858 valence electrons. The fraction of sp³-hybridized carbons (Fsp3) is 1.00. The van der Waals surface area contributed by atoms with E-state index in [1.807, 2.05) is 27.7 Å². The number of hydrogen-bond donors (Lipinski definition) is 1. The highest BCUT2D eigenvalue weighted by atomic mass is 19.4. The quantitative estimate of drug-likeness (QED) is 0.0600. The minimum Gasteiger partial charge on any atom is -0.309 e. The van der Waals surface area contributed by atoms with Gasteiger partial charge in [0.2, 0.25) is 0 Å². The van der Waals surface area contributed by atoms with E-state index in [1.165, 1.54) is 90.4 Å². The Bertz CT molecular complexity index is 2760. The van der Waals surface area contributed by atoms with Crippen LogP contribution in [-0.4, -0.2) is 229 Å². The molecule has 0 aromatic heterocycles. The van der Waals surface area contributed by atoms with Crippen molar-refractivity contribution >= 4 is 0 Å². The highest BCUT2D eigenvalue weighted by molar-refractivity contribution is 4.92. The maximum atomic E-state index is 13.1. The molecule has 0 spiro atoms. The van der Waals surface area contributed by atoms with Gasteiger partial charge in [-0.15, -0.1) is 0 Å². The lowest BCUT2D eigenvalue weighted by Gasteiger charge is -2.44. The summed E-state index contributed by atoms with van der Waals surface area (Å²) in [4.78, 5) is 16.0. The number of rotatable bonds is 52. The Morgan fingerprint density at radius 3 is 0.700 bits per heavy atom. The molecule has 0 aliphatic carbocycles. The first-order chi connectivity index (χ1) is 62.4. The normalized spacial score (nSPS) is 16.1. The lowest BCUT2D eigenvalue weighted by molar-refractivity contribution is -0.204. The Hall–Kier alpha value is -1.20. The Kier molecular flexibility index (Phi) is 84.4. The molecule has 0 fully saturated rings. The molecule has 13 atom stereocenters. The fourth-order valence-corrected chi connectivity index (χ4v) is 16.8. The van der Waals surface area contributed by atoms with Crippen LogP contribution in [0.25, 0.3) is 0 Å². The largest absolute Gasteiger partial charge is 0.404 e. The molecular weight excluding hydrogens is 1780 g/mol. The summed E-state index contributed by atoms with van der Waals surface area (Å²) in [6.07, 6.45) is 3.60. The molecule has 140 heavy (non-hydrogen) atoms. The summed E-state index contributed by atoms with van der Waals surface area (Å²) in [5.41, 5.74) is 0.833. The van der Waals surface area contributed by atoms with Crippen molar-refractivity contribution in [2.45, 2.75) is 602 Å². The van der Waals surface area contributed by atoms with Gasteiger partial charge in [-0.3, -0.25) is 24.5 Å². The minimum atomic E-state index is -4.17. The Labute approximate surface area is 869 Å². The van der Waals surface area contributed by atoms with Crippen molar-refractivity contribution in [3.8, 4) is 0 Å². The average Bonchev–Trinajstić information content (AvgIpc) is 0.817. The van der Waals surface area contributed by atoms with Gasteiger partial charge in [0.25, 0.3) is 0 Å². The molecule has 1 N–H and O–H groups in total. The SMILES string of the molecule is CC(C)CCC(C)(C)N(C)[C@@H](C(C)C)C(F)(F)F.CC(C)CCC(C)(C)N(C)[C@@H](C)C(C)C.CC(C)CCC(C)(C)N[C@@H](C)C(C)C.CC(C)CCCN(C)[C@@H](C)C(C)C.CC(C)CC[C@@H](C)N(C)[C@@H](C(C)C)C(F)(F)F.CC(C)CC[C@H](C)N(C)[C@@H](C(C)C)C(F)(F)F.CC(C)CC[C@H](C)N(C)[C@@H](C)C(C)C.CC(C)[C@H](C)N(C)[C@H](C)CCC(C)(C)C.CC(C)[C@H](N(C)CCCC(C)(C)C)C(F)(F)F. The number of nitrogens with zero attached hydrogens (tertiary/aromatic N) is 8. The molecule has 0 aliphatic rings. The van der Waals surface area contributed by atoms with Crippen molar-refractivity contribution in [2.24, 2.45) is 106 Å². The van der Waals surface area contributed by atoms with Crippen LogP contribution in [0.1, 0.15) is 483 Å². The van der Waals surface area contributed by atoms with Crippen molar-refractivity contribution in [3.05, 3.63) is 0 Å². The first kappa shape index (κ1) is 156. The maximum absolute atomic E-state index is 13.1. The van der Waals surface area contributed by atoms with Crippen LogP contribution in [0.5, 0.6) is 0 Å². The zero-order valence-electron chi connectivity index (χ0n) is 105. The molecule has 9 nitrogen and oxygen atoms in total. The van der Waals surface area contributed by atoms with Gasteiger partial charge in [0.05, 0.1) is 0 Å². The van der Waals surface area contributed by atoms with Crippen LogP contribution in [0.15, 0.2) is 0 Å². The van der Waals surface area contributed by atoms with Crippen LogP contribution in [0.4, 0.5) is 52.7 Å².